The van der Waals surface area contributed by atoms with Crippen molar-refractivity contribution in [2.45, 2.75) is 6.54 Å². The number of thiophene rings is 1. The van der Waals surface area contributed by atoms with Gasteiger partial charge in [-0.05, 0) is 35.7 Å². The lowest BCUT2D eigenvalue weighted by Crippen LogP contribution is -2.33. The van der Waals surface area contributed by atoms with Crippen LogP contribution in [0.2, 0.25) is 0 Å². The van der Waals surface area contributed by atoms with Gasteiger partial charge < -0.3 is 5.32 Å². The number of carbonyl (C=O) groups is 1. The first-order chi connectivity index (χ1) is 13.5. The van der Waals surface area contributed by atoms with Gasteiger partial charge in [0.25, 0.3) is 11.5 Å². The summed E-state index contributed by atoms with van der Waals surface area (Å²) in [6, 6.07) is 9.32. The molecule has 1 amide bonds. The zero-order chi connectivity index (χ0) is 19.7. The van der Waals surface area contributed by atoms with Crippen LogP contribution in [0.4, 0.5) is 4.39 Å². The molecule has 0 aliphatic heterocycles. The van der Waals surface area contributed by atoms with Crippen LogP contribution in [-0.4, -0.2) is 37.2 Å². The molecule has 0 unspecified atom stereocenters. The standard InChI is InChI=1S/C18H15FN6O2S/c1-24-15(10-14(22-24)16-3-2-8-28-16)17(26)20-6-7-25-18(27)12-9-11(19)4-5-13(12)21-23-25/h2-5,8-10H,6-7H2,1H3,(H,20,26). The Kier molecular flexibility index (Phi) is 4.70. The van der Waals surface area contributed by atoms with Crippen LogP contribution in [0.15, 0.2) is 46.6 Å². The maximum atomic E-state index is 13.4. The summed E-state index contributed by atoms with van der Waals surface area (Å²) in [7, 11) is 1.69. The van der Waals surface area contributed by atoms with E-state index in [-0.39, 0.29) is 24.4 Å². The molecule has 28 heavy (non-hydrogen) atoms. The van der Waals surface area contributed by atoms with Gasteiger partial charge in [-0.3, -0.25) is 14.3 Å². The molecule has 0 saturated heterocycles. The lowest BCUT2D eigenvalue weighted by atomic mass is 10.2. The molecule has 3 aromatic heterocycles. The Labute approximate surface area is 162 Å². The van der Waals surface area contributed by atoms with E-state index in [2.05, 4.69) is 20.7 Å². The lowest BCUT2D eigenvalue weighted by Gasteiger charge is -2.07. The van der Waals surface area contributed by atoms with E-state index in [0.29, 0.717) is 11.2 Å². The molecule has 8 nitrogen and oxygen atoms in total. The molecule has 0 atom stereocenters. The van der Waals surface area contributed by atoms with E-state index in [1.165, 1.54) is 16.8 Å². The molecule has 0 aliphatic carbocycles. The molecule has 1 N–H and O–H groups in total. The molecular formula is C18H15FN6O2S. The van der Waals surface area contributed by atoms with Crippen molar-refractivity contribution in [3.8, 4) is 10.6 Å². The largest absolute Gasteiger partial charge is 0.349 e. The Bertz CT molecular complexity index is 1210. The minimum atomic E-state index is -0.518. The Morgan fingerprint density at radius 2 is 2.14 bits per heavy atom. The Balaban J connectivity index is 1.46. The van der Waals surface area contributed by atoms with Gasteiger partial charge in [-0.25, -0.2) is 9.07 Å². The van der Waals surface area contributed by atoms with Gasteiger partial charge in [0.05, 0.1) is 16.8 Å². The highest BCUT2D eigenvalue weighted by Gasteiger charge is 2.15. The molecular weight excluding hydrogens is 383 g/mol. The zero-order valence-electron chi connectivity index (χ0n) is 14.8. The van der Waals surface area contributed by atoms with Crippen molar-refractivity contribution < 1.29 is 9.18 Å². The van der Waals surface area contributed by atoms with E-state index in [4.69, 9.17) is 0 Å². The van der Waals surface area contributed by atoms with Crippen LogP contribution in [-0.2, 0) is 13.6 Å². The SMILES string of the molecule is Cn1nc(-c2cccs2)cc1C(=O)NCCn1nnc2ccc(F)cc2c1=O. The molecule has 142 valence electrons. The molecule has 0 bridgehead atoms. The van der Waals surface area contributed by atoms with Crippen LogP contribution >= 0.6 is 11.3 Å². The fourth-order valence-corrected chi connectivity index (χ4v) is 3.47. The molecule has 0 aliphatic rings. The van der Waals surface area contributed by atoms with Crippen molar-refractivity contribution in [3.05, 3.63) is 63.6 Å². The van der Waals surface area contributed by atoms with Crippen LogP contribution in [0.5, 0.6) is 0 Å². The summed E-state index contributed by atoms with van der Waals surface area (Å²) in [5.74, 6) is -0.833. The van der Waals surface area contributed by atoms with Crippen molar-refractivity contribution in [2.75, 3.05) is 6.54 Å². The van der Waals surface area contributed by atoms with Crippen LogP contribution in [0.25, 0.3) is 21.5 Å². The van der Waals surface area contributed by atoms with Gasteiger partial charge in [0.2, 0.25) is 0 Å². The van der Waals surface area contributed by atoms with Gasteiger partial charge in [-0.2, -0.15) is 5.10 Å². The van der Waals surface area contributed by atoms with E-state index in [1.807, 2.05) is 17.5 Å². The summed E-state index contributed by atoms with van der Waals surface area (Å²) in [6.07, 6.45) is 0. The van der Waals surface area contributed by atoms with Gasteiger partial charge >= 0.3 is 0 Å². The van der Waals surface area contributed by atoms with Crippen molar-refractivity contribution in [3.63, 3.8) is 0 Å². The molecule has 3 heterocycles. The van der Waals surface area contributed by atoms with Crippen molar-refractivity contribution in [2.24, 2.45) is 7.05 Å². The predicted octanol–water partition coefficient (Wildman–Crippen LogP) is 1.82. The lowest BCUT2D eigenvalue weighted by molar-refractivity contribution is 0.0942. The van der Waals surface area contributed by atoms with Crippen LogP contribution in [0, 0.1) is 5.82 Å². The highest BCUT2D eigenvalue weighted by molar-refractivity contribution is 7.13. The maximum absolute atomic E-state index is 13.4. The highest BCUT2D eigenvalue weighted by Crippen LogP contribution is 2.23. The zero-order valence-corrected chi connectivity index (χ0v) is 15.6. The number of aromatic nitrogens is 5. The number of nitrogens with one attached hydrogen (secondary N) is 1. The van der Waals surface area contributed by atoms with E-state index in [9.17, 15) is 14.0 Å². The van der Waals surface area contributed by atoms with E-state index in [0.717, 1.165) is 21.3 Å². The minimum Gasteiger partial charge on any atom is -0.349 e. The quantitative estimate of drug-likeness (QED) is 0.553. The Morgan fingerprint density at radius 1 is 1.29 bits per heavy atom. The molecule has 4 aromatic rings. The monoisotopic (exact) mass is 398 g/mol. The number of benzene rings is 1. The summed E-state index contributed by atoms with van der Waals surface area (Å²) in [4.78, 5) is 25.8. The second-order valence-corrected chi connectivity index (χ2v) is 7.00. The number of fused-ring (bicyclic) bond motifs is 1. The van der Waals surface area contributed by atoms with E-state index in [1.54, 1.807) is 24.5 Å². The molecule has 0 spiro atoms. The second kappa shape index (κ2) is 7.31. The smallest absolute Gasteiger partial charge is 0.277 e. The Morgan fingerprint density at radius 3 is 2.93 bits per heavy atom. The fourth-order valence-electron chi connectivity index (χ4n) is 2.79. The van der Waals surface area contributed by atoms with E-state index < -0.39 is 11.4 Å². The summed E-state index contributed by atoms with van der Waals surface area (Å²) in [6.45, 7) is 0.271. The van der Waals surface area contributed by atoms with Crippen LogP contribution in [0.1, 0.15) is 10.5 Å². The van der Waals surface area contributed by atoms with Crippen LogP contribution in [0.3, 0.4) is 0 Å². The van der Waals surface area contributed by atoms with Crippen molar-refractivity contribution in [1.29, 1.82) is 0 Å². The van der Waals surface area contributed by atoms with Crippen molar-refractivity contribution in [1.82, 2.24) is 30.1 Å². The average molecular weight is 398 g/mol. The first-order valence-corrected chi connectivity index (χ1v) is 9.30. The highest BCUT2D eigenvalue weighted by atomic mass is 32.1. The molecule has 1 aromatic carbocycles. The van der Waals surface area contributed by atoms with Gasteiger partial charge in [-0.15, -0.1) is 16.4 Å². The number of amides is 1. The summed E-state index contributed by atoms with van der Waals surface area (Å²) >= 11 is 1.54. The number of rotatable bonds is 5. The topological polar surface area (TPSA) is 94.7 Å². The van der Waals surface area contributed by atoms with Gasteiger partial charge in [0.15, 0.2) is 0 Å². The summed E-state index contributed by atoms with van der Waals surface area (Å²) in [5, 5.41) is 16.9. The first kappa shape index (κ1) is 18.0. The fraction of sp³-hybridized carbons (Fsp3) is 0.167. The maximum Gasteiger partial charge on any atom is 0.277 e. The molecule has 0 saturated carbocycles. The Hall–Kier alpha value is -3.40. The van der Waals surface area contributed by atoms with Crippen LogP contribution < -0.4 is 10.9 Å². The third-order valence-corrected chi connectivity index (χ3v) is 5.07. The summed E-state index contributed by atoms with van der Waals surface area (Å²) in [5.41, 5.74) is 0.991. The first-order valence-electron chi connectivity index (χ1n) is 8.42. The van der Waals surface area contributed by atoms with Crippen molar-refractivity contribution >= 4 is 28.1 Å². The third-order valence-electron chi connectivity index (χ3n) is 4.18. The van der Waals surface area contributed by atoms with Gasteiger partial charge in [-0.1, -0.05) is 11.3 Å². The number of hydrogen-bond donors (Lipinski definition) is 1. The van der Waals surface area contributed by atoms with Gasteiger partial charge in [0, 0.05) is 13.6 Å². The normalized spacial score (nSPS) is 11.1. The number of hydrogen-bond acceptors (Lipinski definition) is 6. The summed E-state index contributed by atoms with van der Waals surface area (Å²) < 4.78 is 16.0. The average Bonchev–Trinajstić information content (AvgIpc) is 3.33. The number of halogens is 1. The number of nitrogens with zero attached hydrogens (tertiary/aromatic N) is 5. The number of carbonyl (C=O) groups excluding carboxylic acids is 1. The molecule has 0 fully saturated rings. The third kappa shape index (κ3) is 3.41. The predicted molar refractivity (Wildman–Crippen MR) is 103 cm³/mol. The molecule has 4 rings (SSSR count). The van der Waals surface area contributed by atoms with E-state index >= 15 is 0 Å². The molecule has 10 heteroatoms. The van der Waals surface area contributed by atoms with Gasteiger partial charge in [0.1, 0.15) is 22.7 Å². The second-order valence-electron chi connectivity index (χ2n) is 6.05. The number of aryl methyl sites for hydroxylation is 1. The minimum absolute atomic E-state index is 0.111. The molecule has 0 radical (unpaired) electrons.